The minimum Gasteiger partial charge on any atom is -0.378 e. The van der Waals surface area contributed by atoms with Gasteiger partial charge in [0.1, 0.15) is 5.69 Å². The van der Waals surface area contributed by atoms with Crippen molar-refractivity contribution in [2.45, 2.75) is 38.3 Å². The second-order valence-electron chi connectivity index (χ2n) is 9.50. The summed E-state index contributed by atoms with van der Waals surface area (Å²) in [4.78, 5) is 16.1. The van der Waals surface area contributed by atoms with Crippen LogP contribution < -0.4 is 5.32 Å². The first-order valence-electron chi connectivity index (χ1n) is 12.8. The maximum Gasteiger partial charge on any atom is 0.227 e. The molecule has 5 heterocycles. The van der Waals surface area contributed by atoms with Crippen molar-refractivity contribution >= 4 is 11.6 Å². The van der Waals surface area contributed by atoms with Crippen LogP contribution in [0.5, 0.6) is 0 Å². The van der Waals surface area contributed by atoms with Crippen molar-refractivity contribution < 1.29 is 4.74 Å². The van der Waals surface area contributed by atoms with Crippen molar-refractivity contribution in [2.24, 2.45) is 0 Å². The van der Waals surface area contributed by atoms with Gasteiger partial charge in [0, 0.05) is 48.1 Å². The normalized spacial score (nSPS) is 17.1. The quantitative estimate of drug-likeness (QED) is 0.408. The van der Waals surface area contributed by atoms with Gasteiger partial charge in [0.05, 0.1) is 24.9 Å². The number of aryl methyl sites for hydroxylation is 1. The van der Waals surface area contributed by atoms with E-state index in [1.807, 2.05) is 35.3 Å². The maximum atomic E-state index is 5.36. The molecule has 2 fully saturated rings. The topological polar surface area (TPSA) is 81.0 Å². The summed E-state index contributed by atoms with van der Waals surface area (Å²) in [6, 6.07) is 15.3. The Morgan fingerprint density at radius 3 is 2.56 bits per heavy atom. The van der Waals surface area contributed by atoms with Crippen molar-refractivity contribution in [3.63, 3.8) is 0 Å². The van der Waals surface area contributed by atoms with E-state index < -0.39 is 0 Å². The van der Waals surface area contributed by atoms with Crippen molar-refractivity contribution in [3.8, 4) is 22.5 Å². The zero-order valence-electron chi connectivity index (χ0n) is 20.5. The molecule has 0 unspecified atom stereocenters. The first-order chi connectivity index (χ1) is 17.8. The lowest BCUT2D eigenvalue weighted by Crippen LogP contribution is -2.51. The molecule has 36 heavy (non-hydrogen) atoms. The molecule has 3 aromatic heterocycles. The predicted molar refractivity (Wildman–Crippen MR) is 140 cm³/mol. The van der Waals surface area contributed by atoms with Crippen LogP contribution in [-0.4, -0.2) is 62.0 Å². The number of pyridine rings is 1. The van der Waals surface area contributed by atoms with Gasteiger partial charge in [-0.25, -0.2) is 9.97 Å². The molecule has 0 amide bonds. The van der Waals surface area contributed by atoms with Crippen molar-refractivity contribution in [3.05, 3.63) is 72.8 Å². The fourth-order valence-electron chi connectivity index (χ4n) is 5.06. The van der Waals surface area contributed by atoms with Crippen LogP contribution in [0.25, 0.3) is 22.5 Å². The average molecular weight is 482 g/mol. The highest BCUT2D eigenvalue weighted by atomic mass is 16.5. The van der Waals surface area contributed by atoms with E-state index in [2.05, 4.69) is 51.4 Å². The average Bonchev–Trinajstić information content (AvgIpc) is 3.34. The molecule has 184 valence electrons. The summed E-state index contributed by atoms with van der Waals surface area (Å²) in [7, 11) is 0. The molecule has 2 aliphatic rings. The zero-order chi connectivity index (χ0) is 24.3. The molecule has 0 radical (unpaired) electrons. The Bertz CT molecular complexity index is 1290. The van der Waals surface area contributed by atoms with E-state index in [-0.39, 0.29) is 0 Å². The van der Waals surface area contributed by atoms with Gasteiger partial charge in [0.25, 0.3) is 0 Å². The summed E-state index contributed by atoms with van der Waals surface area (Å²) in [5, 5.41) is 8.13. The number of hydrogen-bond donors (Lipinski definition) is 1. The van der Waals surface area contributed by atoms with Crippen LogP contribution in [0.1, 0.15) is 31.2 Å². The van der Waals surface area contributed by atoms with Crippen LogP contribution in [0.15, 0.2) is 67.3 Å². The third kappa shape index (κ3) is 4.74. The zero-order valence-corrected chi connectivity index (χ0v) is 20.5. The van der Waals surface area contributed by atoms with E-state index in [4.69, 9.17) is 14.8 Å². The van der Waals surface area contributed by atoms with Crippen LogP contribution in [-0.2, 0) is 11.3 Å². The summed E-state index contributed by atoms with van der Waals surface area (Å²) in [6.07, 6.45) is 9.84. The lowest BCUT2D eigenvalue weighted by Gasteiger charge is -2.41. The molecule has 8 heteroatoms. The monoisotopic (exact) mass is 481 g/mol. The van der Waals surface area contributed by atoms with Gasteiger partial charge in [-0.05, 0) is 74.7 Å². The van der Waals surface area contributed by atoms with E-state index >= 15 is 0 Å². The van der Waals surface area contributed by atoms with E-state index in [1.54, 1.807) is 12.4 Å². The number of ether oxygens (including phenoxy) is 1. The number of benzene rings is 1. The molecule has 1 aromatic carbocycles. The van der Waals surface area contributed by atoms with E-state index in [9.17, 15) is 0 Å². The molecule has 0 aliphatic carbocycles. The Balaban J connectivity index is 1.16. The molecule has 0 atom stereocenters. The Morgan fingerprint density at radius 2 is 1.86 bits per heavy atom. The summed E-state index contributed by atoms with van der Waals surface area (Å²) in [5.41, 5.74) is 6.02. The van der Waals surface area contributed by atoms with Crippen LogP contribution in [0.4, 0.5) is 11.6 Å². The summed E-state index contributed by atoms with van der Waals surface area (Å²) < 4.78 is 7.29. The van der Waals surface area contributed by atoms with E-state index in [0.29, 0.717) is 17.9 Å². The van der Waals surface area contributed by atoms with Gasteiger partial charge in [-0.2, -0.15) is 5.10 Å². The third-order valence-electron chi connectivity index (χ3n) is 7.26. The third-order valence-corrected chi connectivity index (χ3v) is 7.26. The van der Waals surface area contributed by atoms with Gasteiger partial charge in [0.2, 0.25) is 5.95 Å². The second-order valence-corrected chi connectivity index (χ2v) is 9.50. The molecule has 8 nitrogen and oxygen atoms in total. The first-order valence-corrected chi connectivity index (χ1v) is 12.8. The predicted octanol–water partition coefficient (Wildman–Crippen LogP) is 4.74. The van der Waals surface area contributed by atoms with Crippen LogP contribution >= 0.6 is 0 Å². The van der Waals surface area contributed by atoms with Gasteiger partial charge in [0.15, 0.2) is 0 Å². The fraction of sp³-hybridized carbons (Fsp3) is 0.357. The summed E-state index contributed by atoms with van der Waals surface area (Å²) >= 11 is 0. The minimum absolute atomic E-state index is 0.567. The van der Waals surface area contributed by atoms with E-state index in [1.165, 1.54) is 18.4 Å². The Hall–Kier alpha value is -3.62. The number of likely N-dealkylation sites (tertiary alicyclic amines) is 1. The number of hydrogen-bond acceptors (Lipinski definition) is 7. The molecule has 2 aliphatic heterocycles. The highest BCUT2D eigenvalue weighted by Gasteiger charge is 2.30. The number of rotatable bonds is 7. The smallest absolute Gasteiger partial charge is 0.227 e. The molecule has 4 aromatic rings. The van der Waals surface area contributed by atoms with Crippen molar-refractivity contribution in [1.82, 2.24) is 29.6 Å². The standard InChI is InChI=1S/C28H31N7O/c1-2-35-17-25(27(33-35)22-4-3-12-29-16-22)26-9-13-30-28(32-26)31-23-7-5-20(6-8-23)21-10-14-34(15-11-21)24-18-36-19-24/h3-9,12-13,16-17,21,24H,2,10-11,14-15,18-19H2,1H3,(H,30,31,32). The Labute approximate surface area is 211 Å². The molecule has 6 rings (SSSR count). The van der Waals surface area contributed by atoms with Crippen LogP contribution in [0.2, 0.25) is 0 Å². The molecule has 2 saturated heterocycles. The number of nitrogens with one attached hydrogen (secondary N) is 1. The highest BCUT2D eigenvalue weighted by molar-refractivity contribution is 5.78. The minimum atomic E-state index is 0.567. The van der Waals surface area contributed by atoms with Crippen LogP contribution in [0, 0.1) is 0 Å². The number of nitrogens with zero attached hydrogens (tertiary/aromatic N) is 6. The van der Waals surface area contributed by atoms with Gasteiger partial charge < -0.3 is 10.1 Å². The number of piperidine rings is 1. The second kappa shape index (κ2) is 10.2. The Morgan fingerprint density at radius 1 is 1.03 bits per heavy atom. The largest absolute Gasteiger partial charge is 0.378 e. The van der Waals surface area contributed by atoms with Gasteiger partial charge in [-0.15, -0.1) is 0 Å². The summed E-state index contributed by atoms with van der Waals surface area (Å²) in [6.45, 7) is 6.99. The maximum absolute atomic E-state index is 5.36. The van der Waals surface area contributed by atoms with Gasteiger partial charge >= 0.3 is 0 Å². The molecule has 0 saturated carbocycles. The van der Waals surface area contributed by atoms with Crippen molar-refractivity contribution in [1.29, 1.82) is 0 Å². The fourth-order valence-corrected chi connectivity index (χ4v) is 5.06. The molecule has 1 N–H and O–H groups in total. The van der Waals surface area contributed by atoms with Gasteiger partial charge in [-0.3, -0.25) is 14.6 Å². The van der Waals surface area contributed by atoms with Crippen molar-refractivity contribution in [2.75, 3.05) is 31.6 Å². The summed E-state index contributed by atoms with van der Waals surface area (Å²) in [5.74, 6) is 1.19. The highest BCUT2D eigenvalue weighted by Crippen LogP contribution is 2.32. The number of anilines is 2. The SMILES string of the molecule is CCn1cc(-c2ccnc(Nc3ccc(C4CCN(C5COC5)CC4)cc3)n2)c(-c2cccnc2)n1. The van der Waals surface area contributed by atoms with Gasteiger partial charge in [-0.1, -0.05) is 12.1 Å². The first kappa shape index (κ1) is 22.8. The lowest BCUT2D eigenvalue weighted by molar-refractivity contribution is -0.0712. The Kier molecular flexibility index (Phi) is 6.44. The molecular weight excluding hydrogens is 450 g/mol. The molecule has 0 spiro atoms. The molecular formula is C28H31N7O. The number of aromatic nitrogens is 5. The van der Waals surface area contributed by atoms with Crippen LogP contribution in [0.3, 0.4) is 0 Å². The lowest BCUT2D eigenvalue weighted by atomic mass is 9.88. The van der Waals surface area contributed by atoms with E-state index in [0.717, 1.165) is 61.1 Å². The molecule has 0 bridgehead atoms.